The van der Waals surface area contributed by atoms with Crippen molar-refractivity contribution >= 4 is 12.8 Å². The van der Waals surface area contributed by atoms with Crippen LogP contribution in [0.3, 0.4) is 0 Å². The van der Waals surface area contributed by atoms with Crippen LogP contribution in [0.25, 0.3) is 0 Å². The molecule has 0 radical (unpaired) electrons. The van der Waals surface area contributed by atoms with Crippen LogP contribution in [0.4, 0.5) is 0 Å². The van der Waals surface area contributed by atoms with E-state index in [0.717, 1.165) is 0 Å². The van der Waals surface area contributed by atoms with Crippen molar-refractivity contribution < 1.29 is 19.8 Å². The Hall–Kier alpha value is -0.900. The van der Waals surface area contributed by atoms with Gasteiger partial charge >= 0.3 is 5.97 Å². The fourth-order valence-corrected chi connectivity index (χ4v) is 0.253. The second-order valence-corrected chi connectivity index (χ2v) is 1.45. The molecule has 0 amide bonds. The summed E-state index contributed by atoms with van der Waals surface area (Å²) >= 11 is 0. The highest BCUT2D eigenvalue weighted by Gasteiger charge is 2.00. The molecule has 0 aromatic carbocycles. The average Bonchev–Trinajstić information content (AvgIpc) is 1.68. The zero-order chi connectivity index (χ0) is 7.86. The van der Waals surface area contributed by atoms with Crippen LogP contribution in [-0.2, 0) is 9.59 Å². The van der Waals surface area contributed by atoms with Gasteiger partial charge in [-0.25, -0.2) is 0 Å². The lowest BCUT2D eigenvalue weighted by Gasteiger charge is -1.94. The predicted octanol–water partition coefficient (Wildman–Crippen LogP) is -0.343. The summed E-state index contributed by atoms with van der Waals surface area (Å²) in [6, 6.07) is 0. The van der Waals surface area contributed by atoms with Crippen molar-refractivity contribution in [2.75, 3.05) is 0 Å². The third-order valence-electron chi connectivity index (χ3n) is 0.470. The Morgan fingerprint density at radius 1 is 1.67 bits per heavy atom. The van der Waals surface area contributed by atoms with Gasteiger partial charge in [0.15, 0.2) is 0 Å². The van der Waals surface area contributed by atoms with E-state index in [2.05, 4.69) is 0 Å². The van der Waals surface area contributed by atoms with Gasteiger partial charge in [-0.15, -0.1) is 0 Å². The number of hydrogen-bond acceptors (Lipinski definition) is 3. The standard InChI is InChI=1S/C4H8O3.CH2O/c1-3(5)2-4(6)7;1-2/h3,5H,2H2,1H3,(H,6,7);1H2. The molecule has 0 aliphatic rings. The number of carboxylic acid groups (broad SMARTS) is 1. The summed E-state index contributed by atoms with van der Waals surface area (Å²) in [6.07, 6.45) is -0.891. The molecule has 0 rings (SSSR count). The second-order valence-electron chi connectivity index (χ2n) is 1.45. The molecule has 0 saturated carbocycles. The highest BCUT2D eigenvalue weighted by atomic mass is 16.4. The first-order valence-electron chi connectivity index (χ1n) is 2.31. The number of rotatable bonds is 2. The van der Waals surface area contributed by atoms with E-state index < -0.39 is 12.1 Å². The molecular weight excluding hydrogens is 124 g/mol. The van der Waals surface area contributed by atoms with Crippen LogP contribution in [0.2, 0.25) is 0 Å². The molecule has 0 spiro atoms. The maximum Gasteiger partial charge on any atom is 0.305 e. The van der Waals surface area contributed by atoms with Crippen molar-refractivity contribution in [2.45, 2.75) is 19.4 Å². The Morgan fingerprint density at radius 3 is 2.00 bits per heavy atom. The second kappa shape index (κ2) is 7.10. The van der Waals surface area contributed by atoms with E-state index in [4.69, 9.17) is 15.0 Å². The molecular formula is C5H10O4. The quantitative estimate of drug-likeness (QED) is 0.541. The fraction of sp³-hybridized carbons (Fsp3) is 0.600. The molecule has 4 heteroatoms. The molecule has 4 nitrogen and oxygen atoms in total. The topological polar surface area (TPSA) is 74.6 Å². The van der Waals surface area contributed by atoms with Crippen molar-refractivity contribution in [1.82, 2.24) is 0 Å². The first kappa shape index (κ1) is 11.0. The average molecular weight is 134 g/mol. The Bertz CT molecular complexity index is 79.0. The lowest BCUT2D eigenvalue weighted by Crippen LogP contribution is -2.07. The minimum atomic E-state index is -0.963. The van der Waals surface area contributed by atoms with Crippen LogP contribution in [-0.4, -0.2) is 29.1 Å². The van der Waals surface area contributed by atoms with Gasteiger partial charge in [0.2, 0.25) is 0 Å². The van der Waals surface area contributed by atoms with Crippen LogP contribution in [0, 0.1) is 0 Å². The third kappa shape index (κ3) is 19.2. The molecule has 0 heterocycles. The molecule has 54 valence electrons. The van der Waals surface area contributed by atoms with Gasteiger partial charge in [0.25, 0.3) is 0 Å². The molecule has 0 aliphatic carbocycles. The zero-order valence-corrected chi connectivity index (χ0v) is 5.20. The number of carbonyl (C=O) groups excluding carboxylic acids is 1. The lowest BCUT2D eigenvalue weighted by atomic mass is 10.3. The Kier molecular flexibility index (Phi) is 8.66. The van der Waals surface area contributed by atoms with Crippen molar-refractivity contribution in [1.29, 1.82) is 0 Å². The molecule has 2 N–H and O–H groups in total. The fourth-order valence-electron chi connectivity index (χ4n) is 0.253. The van der Waals surface area contributed by atoms with Crippen LogP contribution < -0.4 is 0 Å². The first-order chi connectivity index (χ1) is 4.13. The van der Waals surface area contributed by atoms with E-state index in [0.29, 0.717) is 0 Å². The van der Waals surface area contributed by atoms with Gasteiger partial charge in [-0.05, 0) is 6.92 Å². The molecule has 0 aromatic heterocycles. The minimum Gasteiger partial charge on any atom is -0.481 e. The van der Waals surface area contributed by atoms with Gasteiger partial charge < -0.3 is 15.0 Å². The van der Waals surface area contributed by atoms with E-state index in [9.17, 15) is 4.79 Å². The molecule has 0 bridgehead atoms. The van der Waals surface area contributed by atoms with E-state index in [1.54, 1.807) is 0 Å². The Labute approximate surface area is 53.1 Å². The maximum absolute atomic E-state index is 9.65. The number of carboxylic acids is 1. The Balaban J connectivity index is 0. The van der Waals surface area contributed by atoms with Crippen molar-refractivity contribution in [3.05, 3.63) is 0 Å². The van der Waals surface area contributed by atoms with E-state index in [1.807, 2.05) is 6.79 Å². The van der Waals surface area contributed by atoms with Crippen molar-refractivity contribution in [3.8, 4) is 0 Å². The summed E-state index contributed by atoms with van der Waals surface area (Å²) in [5.41, 5.74) is 0. The SMILES string of the molecule is C=O.CC(O)CC(=O)O. The molecule has 9 heavy (non-hydrogen) atoms. The maximum atomic E-state index is 9.65. The largest absolute Gasteiger partial charge is 0.481 e. The van der Waals surface area contributed by atoms with Gasteiger partial charge in [0, 0.05) is 0 Å². The third-order valence-corrected chi connectivity index (χ3v) is 0.470. The summed E-state index contributed by atoms with van der Waals surface area (Å²) in [5.74, 6) is -0.963. The molecule has 0 aliphatic heterocycles. The zero-order valence-electron chi connectivity index (χ0n) is 5.20. The lowest BCUT2D eigenvalue weighted by molar-refractivity contribution is -0.138. The van der Waals surface area contributed by atoms with E-state index >= 15 is 0 Å². The summed E-state index contributed by atoms with van der Waals surface area (Å²) in [7, 11) is 0. The highest BCUT2D eigenvalue weighted by molar-refractivity contribution is 5.67. The monoisotopic (exact) mass is 134 g/mol. The smallest absolute Gasteiger partial charge is 0.305 e. The van der Waals surface area contributed by atoms with Crippen molar-refractivity contribution in [3.63, 3.8) is 0 Å². The Morgan fingerprint density at radius 2 is 2.00 bits per heavy atom. The number of hydrogen-bond donors (Lipinski definition) is 2. The molecule has 0 saturated heterocycles. The van der Waals surface area contributed by atoms with Crippen LogP contribution in [0.15, 0.2) is 0 Å². The molecule has 0 aromatic rings. The van der Waals surface area contributed by atoms with Gasteiger partial charge in [0.1, 0.15) is 6.79 Å². The van der Waals surface area contributed by atoms with Crippen molar-refractivity contribution in [2.24, 2.45) is 0 Å². The van der Waals surface area contributed by atoms with E-state index in [-0.39, 0.29) is 6.42 Å². The molecule has 1 atom stereocenters. The van der Waals surface area contributed by atoms with Gasteiger partial charge in [-0.1, -0.05) is 0 Å². The normalized spacial score (nSPS) is 10.9. The van der Waals surface area contributed by atoms with Gasteiger partial charge in [-0.2, -0.15) is 0 Å². The summed E-state index contributed by atoms with van der Waals surface area (Å²) in [5, 5.41) is 16.3. The summed E-state index contributed by atoms with van der Waals surface area (Å²) in [6.45, 7) is 3.44. The van der Waals surface area contributed by atoms with Gasteiger partial charge in [0.05, 0.1) is 12.5 Å². The number of aliphatic hydroxyl groups is 1. The van der Waals surface area contributed by atoms with Crippen LogP contribution >= 0.6 is 0 Å². The summed E-state index contributed by atoms with van der Waals surface area (Å²) < 4.78 is 0. The number of aliphatic carboxylic acids is 1. The number of carbonyl (C=O) groups is 2. The first-order valence-corrected chi connectivity index (χ1v) is 2.31. The van der Waals surface area contributed by atoms with E-state index in [1.165, 1.54) is 6.92 Å². The predicted molar refractivity (Wildman–Crippen MR) is 31.1 cm³/mol. The van der Waals surface area contributed by atoms with Crippen LogP contribution in [0.1, 0.15) is 13.3 Å². The molecule has 1 unspecified atom stereocenters. The minimum absolute atomic E-state index is 0.167. The van der Waals surface area contributed by atoms with Gasteiger partial charge in [-0.3, -0.25) is 4.79 Å². The van der Waals surface area contributed by atoms with Crippen LogP contribution in [0.5, 0.6) is 0 Å². The number of aliphatic hydroxyl groups excluding tert-OH is 1. The highest BCUT2D eigenvalue weighted by Crippen LogP contribution is 1.85. The molecule has 0 fully saturated rings. The summed E-state index contributed by atoms with van der Waals surface area (Å²) in [4.78, 5) is 17.6.